The third-order valence-corrected chi connectivity index (χ3v) is 4.33. The molecule has 4 nitrogen and oxygen atoms in total. The predicted molar refractivity (Wildman–Crippen MR) is 110 cm³/mol. The van der Waals surface area contributed by atoms with Crippen LogP contribution in [0.4, 0.5) is 4.39 Å². The van der Waals surface area contributed by atoms with Crippen molar-refractivity contribution >= 4 is 11.6 Å². The predicted octanol–water partition coefficient (Wildman–Crippen LogP) is 5.49. The summed E-state index contributed by atoms with van der Waals surface area (Å²) in [6.45, 7) is 0.293. The SMILES string of the molecule is COc1ccc(/C(C#N)=C/c2ccc(OCc3ccc(F)cc3)c(OC)c2)cc1. The number of nitriles is 1. The van der Waals surface area contributed by atoms with Crippen LogP contribution in [-0.2, 0) is 6.61 Å². The number of halogens is 1. The molecule has 0 aliphatic carbocycles. The van der Waals surface area contributed by atoms with Crippen molar-refractivity contribution in [2.45, 2.75) is 6.61 Å². The fraction of sp³-hybridized carbons (Fsp3) is 0.125. The summed E-state index contributed by atoms with van der Waals surface area (Å²) in [6, 6.07) is 21.1. The number of allylic oxidation sites excluding steroid dienone is 1. The van der Waals surface area contributed by atoms with Crippen LogP contribution in [-0.4, -0.2) is 14.2 Å². The number of rotatable bonds is 7. The average molecular weight is 389 g/mol. The molecule has 3 aromatic rings. The van der Waals surface area contributed by atoms with E-state index in [0.29, 0.717) is 23.7 Å². The van der Waals surface area contributed by atoms with Gasteiger partial charge in [-0.1, -0.05) is 18.2 Å². The molecule has 0 aromatic heterocycles. The largest absolute Gasteiger partial charge is 0.497 e. The number of hydrogen-bond acceptors (Lipinski definition) is 4. The maximum absolute atomic E-state index is 13.0. The fourth-order valence-electron chi connectivity index (χ4n) is 2.75. The minimum atomic E-state index is -0.285. The van der Waals surface area contributed by atoms with E-state index in [2.05, 4.69) is 6.07 Å². The van der Waals surface area contributed by atoms with Crippen molar-refractivity contribution in [2.24, 2.45) is 0 Å². The fourth-order valence-corrected chi connectivity index (χ4v) is 2.75. The molecule has 0 atom stereocenters. The lowest BCUT2D eigenvalue weighted by Crippen LogP contribution is -1.98. The molecule has 146 valence electrons. The first-order valence-corrected chi connectivity index (χ1v) is 8.94. The van der Waals surface area contributed by atoms with Crippen molar-refractivity contribution < 1.29 is 18.6 Å². The zero-order chi connectivity index (χ0) is 20.6. The van der Waals surface area contributed by atoms with Crippen LogP contribution >= 0.6 is 0 Å². The summed E-state index contributed by atoms with van der Waals surface area (Å²) in [5.74, 6) is 1.56. The highest BCUT2D eigenvalue weighted by atomic mass is 19.1. The van der Waals surface area contributed by atoms with E-state index in [1.54, 1.807) is 44.6 Å². The molecule has 0 heterocycles. The van der Waals surface area contributed by atoms with Gasteiger partial charge in [0.2, 0.25) is 0 Å². The molecule has 3 aromatic carbocycles. The van der Waals surface area contributed by atoms with Gasteiger partial charge in [0.25, 0.3) is 0 Å². The molecular weight excluding hydrogens is 369 g/mol. The Morgan fingerprint density at radius 2 is 1.66 bits per heavy atom. The lowest BCUT2D eigenvalue weighted by molar-refractivity contribution is 0.284. The standard InChI is InChI=1S/C24H20FNO3/c1-27-22-10-6-19(7-11-22)20(15-26)13-18-5-12-23(24(14-18)28-2)29-16-17-3-8-21(25)9-4-17/h3-14H,16H2,1-2H3/b20-13+. The van der Waals surface area contributed by atoms with Gasteiger partial charge in [0, 0.05) is 0 Å². The molecular formula is C24H20FNO3. The minimum Gasteiger partial charge on any atom is -0.497 e. The molecule has 0 radical (unpaired) electrons. The van der Waals surface area contributed by atoms with Crippen LogP contribution in [0.1, 0.15) is 16.7 Å². The Kier molecular flexibility index (Phi) is 6.49. The van der Waals surface area contributed by atoms with Gasteiger partial charge >= 0.3 is 0 Å². The van der Waals surface area contributed by atoms with E-state index in [1.165, 1.54) is 12.1 Å². The maximum Gasteiger partial charge on any atom is 0.161 e. The molecule has 0 fully saturated rings. The first-order chi connectivity index (χ1) is 14.1. The molecule has 0 aliphatic heterocycles. The van der Waals surface area contributed by atoms with Crippen LogP contribution in [0.2, 0.25) is 0 Å². The molecule has 29 heavy (non-hydrogen) atoms. The first-order valence-electron chi connectivity index (χ1n) is 8.94. The van der Waals surface area contributed by atoms with E-state index in [0.717, 1.165) is 22.4 Å². The van der Waals surface area contributed by atoms with Gasteiger partial charge < -0.3 is 14.2 Å². The number of methoxy groups -OCH3 is 2. The summed E-state index contributed by atoms with van der Waals surface area (Å²) in [4.78, 5) is 0. The molecule has 0 unspecified atom stereocenters. The molecule has 0 bridgehead atoms. The monoisotopic (exact) mass is 389 g/mol. The normalized spacial score (nSPS) is 10.9. The zero-order valence-corrected chi connectivity index (χ0v) is 16.2. The van der Waals surface area contributed by atoms with Gasteiger partial charge in [0.05, 0.1) is 25.9 Å². The van der Waals surface area contributed by atoms with Crippen LogP contribution in [0.5, 0.6) is 17.2 Å². The molecule has 0 spiro atoms. The number of nitrogens with zero attached hydrogens (tertiary/aromatic N) is 1. The van der Waals surface area contributed by atoms with E-state index < -0.39 is 0 Å². The smallest absolute Gasteiger partial charge is 0.161 e. The second-order valence-corrected chi connectivity index (χ2v) is 6.22. The van der Waals surface area contributed by atoms with Gasteiger partial charge in [0.15, 0.2) is 11.5 Å². The lowest BCUT2D eigenvalue weighted by Gasteiger charge is -2.12. The maximum atomic E-state index is 13.0. The molecule has 0 N–H and O–H groups in total. The van der Waals surface area contributed by atoms with E-state index in [1.807, 2.05) is 30.3 Å². The van der Waals surface area contributed by atoms with Crippen molar-refractivity contribution in [3.63, 3.8) is 0 Å². The molecule has 3 rings (SSSR count). The third kappa shape index (κ3) is 5.14. The molecule has 0 saturated heterocycles. The van der Waals surface area contributed by atoms with Gasteiger partial charge in [-0.2, -0.15) is 5.26 Å². The summed E-state index contributed by atoms with van der Waals surface area (Å²) >= 11 is 0. The van der Waals surface area contributed by atoms with Crippen LogP contribution in [0.3, 0.4) is 0 Å². The number of benzene rings is 3. The van der Waals surface area contributed by atoms with E-state index in [9.17, 15) is 9.65 Å². The van der Waals surface area contributed by atoms with E-state index in [-0.39, 0.29) is 5.82 Å². The molecule has 5 heteroatoms. The van der Waals surface area contributed by atoms with Gasteiger partial charge in [-0.25, -0.2) is 4.39 Å². The Balaban J connectivity index is 1.80. The van der Waals surface area contributed by atoms with E-state index >= 15 is 0 Å². The zero-order valence-electron chi connectivity index (χ0n) is 16.2. The summed E-state index contributed by atoms with van der Waals surface area (Å²) < 4.78 is 29.4. The Hall–Kier alpha value is -3.78. The second kappa shape index (κ2) is 9.43. The molecule has 0 saturated carbocycles. The van der Waals surface area contributed by atoms with Crippen LogP contribution in [0.25, 0.3) is 11.6 Å². The first kappa shape index (κ1) is 20.0. The topological polar surface area (TPSA) is 51.5 Å². The second-order valence-electron chi connectivity index (χ2n) is 6.22. The van der Waals surface area contributed by atoms with Crippen molar-refractivity contribution in [3.05, 3.63) is 89.2 Å². The Morgan fingerprint density at radius 3 is 2.28 bits per heavy atom. The van der Waals surface area contributed by atoms with Gasteiger partial charge in [-0.3, -0.25) is 0 Å². The Morgan fingerprint density at radius 1 is 0.931 bits per heavy atom. The van der Waals surface area contributed by atoms with Crippen molar-refractivity contribution in [1.29, 1.82) is 5.26 Å². The summed E-state index contributed by atoms with van der Waals surface area (Å²) in [5.41, 5.74) is 2.98. The van der Waals surface area contributed by atoms with Crippen molar-refractivity contribution in [2.75, 3.05) is 14.2 Å². The Labute approximate surface area is 169 Å². The summed E-state index contributed by atoms with van der Waals surface area (Å²) in [6.07, 6.45) is 1.79. The minimum absolute atomic E-state index is 0.285. The van der Waals surface area contributed by atoms with Crippen molar-refractivity contribution in [3.8, 4) is 23.3 Å². The lowest BCUT2D eigenvalue weighted by atomic mass is 10.0. The summed E-state index contributed by atoms with van der Waals surface area (Å²) in [7, 11) is 3.16. The van der Waals surface area contributed by atoms with Gasteiger partial charge in [-0.05, 0) is 71.3 Å². The van der Waals surface area contributed by atoms with Crippen LogP contribution in [0, 0.1) is 17.1 Å². The highest BCUT2D eigenvalue weighted by Crippen LogP contribution is 2.30. The number of hydrogen-bond donors (Lipinski definition) is 0. The number of ether oxygens (including phenoxy) is 3. The van der Waals surface area contributed by atoms with Crippen LogP contribution < -0.4 is 14.2 Å². The molecule has 0 amide bonds. The third-order valence-electron chi connectivity index (χ3n) is 4.33. The Bertz CT molecular complexity index is 1040. The summed E-state index contributed by atoms with van der Waals surface area (Å²) in [5, 5.41) is 9.55. The van der Waals surface area contributed by atoms with Gasteiger partial charge in [0.1, 0.15) is 18.2 Å². The van der Waals surface area contributed by atoms with Crippen LogP contribution in [0.15, 0.2) is 66.7 Å². The van der Waals surface area contributed by atoms with Gasteiger partial charge in [-0.15, -0.1) is 0 Å². The molecule has 0 aliphatic rings. The highest BCUT2D eigenvalue weighted by molar-refractivity contribution is 5.90. The average Bonchev–Trinajstić information content (AvgIpc) is 2.77. The van der Waals surface area contributed by atoms with E-state index in [4.69, 9.17) is 14.2 Å². The highest BCUT2D eigenvalue weighted by Gasteiger charge is 2.08. The quantitative estimate of drug-likeness (QED) is 0.396. The van der Waals surface area contributed by atoms with Crippen molar-refractivity contribution in [1.82, 2.24) is 0 Å².